The van der Waals surface area contributed by atoms with Gasteiger partial charge in [0.15, 0.2) is 0 Å². The minimum atomic E-state index is -0.488. The van der Waals surface area contributed by atoms with Crippen LogP contribution in [0.2, 0.25) is 0 Å². The molecule has 74 valence electrons. The molecule has 0 amide bonds. The summed E-state index contributed by atoms with van der Waals surface area (Å²) in [5, 5.41) is 0. The summed E-state index contributed by atoms with van der Waals surface area (Å²) in [6.45, 7) is 4.42. The first-order chi connectivity index (χ1) is 6.67. The highest BCUT2D eigenvalue weighted by Crippen LogP contribution is 2.25. The summed E-state index contributed by atoms with van der Waals surface area (Å²) in [5.41, 5.74) is 2.24. The maximum atomic E-state index is 5.54. The predicted octanol–water partition coefficient (Wildman–Crippen LogP) is 2.81. The lowest BCUT2D eigenvalue weighted by Crippen LogP contribution is -2.30. The van der Waals surface area contributed by atoms with Gasteiger partial charge in [-0.3, -0.25) is 0 Å². The van der Waals surface area contributed by atoms with Crippen molar-refractivity contribution in [3.05, 3.63) is 42.2 Å². The van der Waals surface area contributed by atoms with E-state index in [9.17, 15) is 0 Å². The number of hydrogen-bond donors (Lipinski definition) is 0. The van der Waals surface area contributed by atoms with Crippen LogP contribution in [0.4, 0.5) is 0 Å². The van der Waals surface area contributed by atoms with Crippen molar-refractivity contribution in [2.75, 3.05) is 6.61 Å². The molecule has 0 atom stereocenters. The van der Waals surface area contributed by atoms with E-state index in [-0.39, 0.29) is 0 Å². The fraction of sp³-hybridized carbons (Fsp3) is 0.333. The van der Waals surface area contributed by atoms with Crippen LogP contribution in [0.5, 0.6) is 0 Å². The number of benzene rings is 1. The van der Waals surface area contributed by atoms with Crippen molar-refractivity contribution >= 4 is 5.57 Å². The molecule has 0 spiro atoms. The largest absolute Gasteiger partial charge is 0.470 e. The van der Waals surface area contributed by atoms with Gasteiger partial charge in [0.1, 0.15) is 0 Å². The average Bonchev–Trinajstić information content (AvgIpc) is 2.19. The second kappa shape index (κ2) is 3.46. The van der Waals surface area contributed by atoms with Gasteiger partial charge < -0.3 is 9.47 Å². The molecule has 0 radical (unpaired) electrons. The smallest absolute Gasteiger partial charge is 0.204 e. The summed E-state index contributed by atoms with van der Waals surface area (Å²) >= 11 is 0. The van der Waals surface area contributed by atoms with Gasteiger partial charge >= 0.3 is 0 Å². The lowest BCUT2D eigenvalue weighted by atomic mass is 10.1. The fourth-order valence-electron chi connectivity index (χ4n) is 1.34. The van der Waals surface area contributed by atoms with Gasteiger partial charge in [0.05, 0.1) is 12.9 Å². The summed E-state index contributed by atoms with van der Waals surface area (Å²) in [5.74, 6) is -0.488. The van der Waals surface area contributed by atoms with E-state index in [4.69, 9.17) is 9.47 Å². The Bertz CT molecular complexity index is 339. The molecule has 1 aromatic rings. The van der Waals surface area contributed by atoms with Crippen molar-refractivity contribution in [3.63, 3.8) is 0 Å². The highest BCUT2D eigenvalue weighted by molar-refractivity contribution is 5.65. The third kappa shape index (κ3) is 1.96. The first-order valence-electron chi connectivity index (χ1n) is 4.74. The third-order valence-electron chi connectivity index (χ3n) is 2.20. The zero-order valence-electron chi connectivity index (χ0n) is 8.49. The van der Waals surface area contributed by atoms with E-state index in [2.05, 4.69) is 12.1 Å². The minimum Gasteiger partial charge on any atom is -0.470 e. The lowest BCUT2D eigenvalue weighted by molar-refractivity contribution is -0.182. The van der Waals surface area contributed by atoms with Crippen LogP contribution in [0.15, 0.2) is 36.6 Å². The molecule has 0 saturated heterocycles. The summed E-state index contributed by atoms with van der Waals surface area (Å²) in [7, 11) is 0. The Balaban J connectivity index is 2.19. The summed E-state index contributed by atoms with van der Waals surface area (Å²) in [6, 6.07) is 10.1. The van der Waals surface area contributed by atoms with Crippen molar-refractivity contribution in [2.45, 2.75) is 19.6 Å². The highest BCUT2D eigenvalue weighted by Gasteiger charge is 2.23. The van der Waals surface area contributed by atoms with Gasteiger partial charge in [-0.05, 0) is 5.56 Å². The standard InChI is InChI=1S/C12H14O2/c1-12(2)13-8-11(9-14-12)10-6-4-3-5-7-10/h3-8H,9H2,1-2H3. The molecular formula is C12H14O2. The molecule has 1 aromatic carbocycles. The van der Waals surface area contributed by atoms with Crippen LogP contribution in [-0.4, -0.2) is 12.4 Å². The van der Waals surface area contributed by atoms with E-state index in [1.54, 1.807) is 6.26 Å². The zero-order valence-corrected chi connectivity index (χ0v) is 8.49. The zero-order chi connectivity index (χ0) is 10.0. The van der Waals surface area contributed by atoms with Crippen LogP contribution in [-0.2, 0) is 9.47 Å². The normalized spacial score (nSPS) is 19.7. The van der Waals surface area contributed by atoms with Gasteiger partial charge in [0, 0.05) is 19.4 Å². The third-order valence-corrected chi connectivity index (χ3v) is 2.20. The summed E-state index contributed by atoms with van der Waals surface area (Å²) in [6.07, 6.45) is 1.79. The monoisotopic (exact) mass is 190 g/mol. The van der Waals surface area contributed by atoms with E-state index in [1.165, 1.54) is 0 Å². The van der Waals surface area contributed by atoms with Gasteiger partial charge in [0.25, 0.3) is 0 Å². The second-order valence-corrected chi connectivity index (χ2v) is 3.82. The molecular weight excluding hydrogens is 176 g/mol. The lowest BCUT2D eigenvalue weighted by Gasteiger charge is -2.30. The number of hydrogen-bond acceptors (Lipinski definition) is 2. The van der Waals surface area contributed by atoms with Crippen LogP contribution in [0.25, 0.3) is 5.57 Å². The van der Waals surface area contributed by atoms with E-state index in [1.807, 2.05) is 32.0 Å². The molecule has 0 bridgehead atoms. The molecule has 0 saturated carbocycles. The Morgan fingerprint density at radius 1 is 1.14 bits per heavy atom. The first-order valence-corrected chi connectivity index (χ1v) is 4.74. The maximum absolute atomic E-state index is 5.54. The highest BCUT2D eigenvalue weighted by atomic mass is 16.7. The van der Waals surface area contributed by atoms with Gasteiger partial charge in [-0.2, -0.15) is 0 Å². The predicted molar refractivity (Wildman–Crippen MR) is 55.5 cm³/mol. The molecule has 2 nitrogen and oxygen atoms in total. The number of ether oxygens (including phenoxy) is 2. The molecule has 1 heterocycles. The molecule has 14 heavy (non-hydrogen) atoms. The summed E-state index contributed by atoms with van der Waals surface area (Å²) < 4.78 is 11.0. The topological polar surface area (TPSA) is 18.5 Å². The van der Waals surface area contributed by atoms with Gasteiger partial charge in [-0.15, -0.1) is 0 Å². The minimum absolute atomic E-state index is 0.488. The second-order valence-electron chi connectivity index (χ2n) is 3.82. The molecule has 0 unspecified atom stereocenters. The van der Waals surface area contributed by atoms with Crippen molar-refractivity contribution in [2.24, 2.45) is 0 Å². The molecule has 0 aromatic heterocycles. The number of rotatable bonds is 1. The van der Waals surface area contributed by atoms with E-state index in [0.29, 0.717) is 6.61 Å². The Kier molecular flexibility index (Phi) is 2.30. The van der Waals surface area contributed by atoms with Gasteiger partial charge in [-0.25, -0.2) is 0 Å². The molecule has 0 fully saturated rings. The fourth-order valence-corrected chi connectivity index (χ4v) is 1.34. The molecule has 0 aliphatic carbocycles. The SMILES string of the molecule is CC1(C)OC=C(c2ccccc2)CO1. The van der Waals surface area contributed by atoms with Crippen LogP contribution >= 0.6 is 0 Å². The van der Waals surface area contributed by atoms with Crippen molar-refractivity contribution < 1.29 is 9.47 Å². The van der Waals surface area contributed by atoms with Crippen LogP contribution in [0.1, 0.15) is 19.4 Å². The van der Waals surface area contributed by atoms with Gasteiger partial charge in [-0.1, -0.05) is 30.3 Å². The maximum Gasteiger partial charge on any atom is 0.204 e. The molecule has 1 aliphatic rings. The van der Waals surface area contributed by atoms with Crippen molar-refractivity contribution in [1.82, 2.24) is 0 Å². The Hall–Kier alpha value is -1.28. The van der Waals surface area contributed by atoms with Crippen molar-refractivity contribution in [1.29, 1.82) is 0 Å². The average molecular weight is 190 g/mol. The van der Waals surface area contributed by atoms with Gasteiger partial charge in [0.2, 0.25) is 5.79 Å². The Labute approximate surface area is 84.2 Å². The van der Waals surface area contributed by atoms with E-state index >= 15 is 0 Å². The van der Waals surface area contributed by atoms with Crippen LogP contribution in [0.3, 0.4) is 0 Å². The van der Waals surface area contributed by atoms with Crippen LogP contribution in [0, 0.1) is 0 Å². The van der Waals surface area contributed by atoms with Crippen molar-refractivity contribution in [3.8, 4) is 0 Å². The van der Waals surface area contributed by atoms with E-state index in [0.717, 1.165) is 11.1 Å². The summed E-state index contributed by atoms with van der Waals surface area (Å²) in [4.78, 5) is 0. The molecule has 1 aliphatic heterocycles. The van der Waals surface area contributed by atoms with Crippen LogP contribution < -0.4 is 0 Å². The Morgan fingerprint density at radius 2 is 1.86 bits per heavy atom. The first kappa shape index (κ1) is 9.28. The Morgan fingerprint density at radius 3 is 2.43 bits per heavy atom. The molecule has 2 heteroatoms. The quantitative estimate of drug-likeness (QED) is 0.678. The molecule has 0 N–H and O–H groups in total. The molecule has 2 rings (SSSR count). The van der Waals surface area contributed by atoms with E-state index < -0.39 is 5.79 Å².